The average Bonchev–Trinajstić information content (AvgIpc) is 3.14. The van der Waals surface area contributed by atoms with E-state index in [1.165, 1.54) is 0 Å². The molecule has 1 heterocycles. The maximum Gasteiger partial charge on any atom is 0.434 e. The number of alkyl halides is 3. The van der Waals surface area contributed by atoms with E-state index in [1.54, 1.807) is 7.05 Å². The molecule has 0 saturated heterocycles. The van der Waals surface area contributed by atoms with Gasteiger partial charge < -0.3 is 15.4 Å². The van der Waals surface area contributed by atoms with Crippen LogP contribution in [0.15, 0.2) is 34.6 Å². The fourth-order valence-electron chi connectivity index (χ4n) is 2.33. The number of thiazole rings is 1. The first-order chi connectivity index (χ1) is 13.4. The zero-order valence-electron chi connectivity index (χ0n) is 16.0. The molecule has 0 aliphatic carbocycles. The molecule has 9 heteroatoms. The van der Waals surface area contributed by atoms with Crippen LogP contribution in [0.25, 0.3) is 0 Å². The predicted octanol–water partition coefficient (Wildman–Crippen LogP) is 4.25. The maximum atomic E-state index is 12.6. The number of hydrogen-bond donors (Lipinski definition) is 2. The monoisotopic (exact) mass is 414 g/mol. The van der Waals surface area contributed by atoms with E-state index in [-0.39, 0.29) is 0 Å². The van der Waals surface area contributed by atoms with Gasteiger partial charge in [0.15, 0.2) is 11.7 Å². The highest BCUT2D eigenvalue weighted by Gasteiger charge is 2.33. The Bertz CT molecular complexity index is 762. The molecule has 0 atom stereocenters. The summed E-state index contributed by atoms with van der Waals surface area (Å²) in [5.74, 6) is 1.41. The summed E-state index contributed by atoms with van der Waals surface area (Å²) >= 11 is 1.01. The topological polar surface area (TPSA) is 58.5 Å². The number of guanidine groups is 1. The van der Waals surface area contributed by atoms with Gasteiger partial charge in [-0.25, -0.2) is 4.98 Å². The Hall–Kier alpha value is -2.29. The van der Waals surface area contributed by atoms with Crippen molar-refractivity contribution >= 4 is 17.3 Å². The van der Waals surface area contributed by atoms with Crippen molar-refractivity contribution in [2.24, 2.45) is 4.99 Å². The molecule has 0 aliphatic heterocycles. The van der Waals surface area contributed by atoms with E-state index in [0.717, 1.165) is 40.9 Å². The first-order valence-corrected chi connectivity index (χ1v) is 9.98. The first-order valence-electron chi connectivity index (χ1n) is 9.10. The average molecular weight is 414 g/mol. The molecule has 1 aromatic heterocycles. The van der Waals surface area contributed by atoms with Gasteiger partial charge in [-0.3, -0.25) is 4.99 Å². The molecule has 2 N–H and O–H groups in total. The third-order valence-corrected chi connectivity index (χ3v) is 4.73. The molecule has 0 spiro atoms. The SMILES string of the molecule is CCCCOc1cccc(CNC(=NC)NCCc2nc(C(F)(F)F)cs2)c1. The van der Waals surface area contributed by atoms with Crippen LogP contribution >= 0.6 is 11.3 Å². The van der Waals surface area contributed by atoms with E-state index in [2.05, 4.69) is 27.5 Å². The standard InChI is InChI=1S/C19H25F3N4OS/c1-3-4-10-27-15-7-5-6-14(11-15)12-25-18(23-2)24-9-8-17-26-16(13-28-17)19(20,21)22/h5-7,11,13H,3-4,8-10,12H2,1-2H3,(H2,23,24,25). The summed E-state index contributed by atoms with van der Waals surface area (Å²) in [6, 6.07) is 7.83. The molecule has 0 fully saturated rings. The quantitative estimate of drug-likeness (QED) is 0.366. The highest BCUT2D eigenvalue weighted by Crippen LogP contribution is 2.30. The normalized spacial score (nSPS) is 12.1. The van der Waals surface area contributed by atoms with Crippen LogP contribution in [0, 0.1) is 0 Å². The van der Waals surface area contributed by atoms with Crippen LogP contribution in [-0.4, -0.2) is 31.1 Å². The molecule has 154 valence electrons. The van der Waals surface area contributed by atoms with Crippen molar-refractivity contribution in [1.82, 2.24) is 15.6 Å². The number of benzene rings is 1. The van der Waals surface area contributed by atoms with Gasteiger partial charge >= 0.3 is 6.18 Å². The van der Waals surface area contributed by atoms with Gasteiger partial charge in [-0.15, -0.1) is 11.3 Å². The summed E-state index contributed by atoms with van der Waals surface area (Å²) in [5, 5.41) is 7.74. The molecule has 0 bridgehead atoms. The predicted molar refractivity (Wildman–Crippen MR) is 106 cm³/mol. The van der Waals surface area contributed by atoms with Crippen LogP contribution in [0.1, 0.15) is 36.0 Å². The lowest BCUT2D eigenvalue weighted by Crippen LogP contribution is -2.37. The van der Waals surface area contributed by atoms with Crippen LogP contribution in [0.3, 0.4) is 0 Å². The Kier molecular flexibility index (Phi) is 8.56. The summed E-state index contributed by atoms with van der Waals surface area (Å²) in [7, 11) is 1.64. The lowest BCUT2D eigenvalue weighted by Gasteiger charge is -2.12. The minimum Gasteiger partial charge on any atom is -0.494 e. The molecule has 0 aliphatic rings. The Balaban J connectivity index is 1.77. The van der Waals surface area contributed by atoms with Gasteiger partial charge in [0, 0.05) is 31.9 Å². The second kappa shape index (κ2) is 10.9. The highest BCUT2D eigenvalue weighted by molar-refractivity contribution is 7.09. The Morgan fingerprint density at radius 1 is 1.29 bits per heavy atom. The van der Waals surface area contributed by atoms with Crippen molar-refractivity contribution in [3.8, 4) is 5.75 Å². The number of nitrogens with one attached hydrogen (secondary N) is 2. The lowest BCUT2D eigenvalue weighted by molar-refractivity contribution is -0.140. The van der Waals surface area contributed by atoms with E-state index in [1.807, 2.05) is 24.3 Å². The largest absolute Gasteiger partial charge is 0.494 e. The summed E-state index contributed by atoms with van der Waals surface area (Å²) in [6.07, 6.45) is -1.90. The van der Waals surface area contributed by atoms with E-state index in [0.29, 0.717) is 37.1 Å². The number of aliphatic imine (C=N–C) groups is 1. The van der Waals surface area contributed by atoms with Crippen LogP contribution in [-0.2, 0) is 19.1 Å². The molecular formula is C19H25F3N4OS. The zero-order valence-corrected chi connectivity index (χ0v) is 16.8. The fraction of sp³-hybridized carbons (Fsp3) is 0.474. The Morgan fingerprint density at radius 3 is 2.79 bits per heavy atom. The summed E-state index contributed by atoms with van der Waals surface area (Å²) in [6.45, 7) is 3.81. The van der Waals surface area contributed by atoms with Crippen molar-refractivity contribution in [3.05, 3.63) is 45.9 Å². The molecule has 0 saturated carbocycles. The van der Waals surface area contributed by atoms with Gasteiger partial charge in [-0.05, 0) is 24.1 Å². The van der Waals surface area contributed by atoms with Gasteiger partial charge in [0.25, 0.3) is 0 Å². The number of unbranched alkanes of at least 4 members (excludes halogenated alkanes) is 1. The second-order valence-electron chi connectivity index (χ2n) is 6.08. The third-order valence-electron chi connectivity index (χ3n) is 3.82. The summed E-state index contributed by atoms with van der Waals surface area (Å²) < 4.78 is 43.4. The molecule has 5 nitrogen and oxygen atoms in total. The Morgan fingerprint density at radius 2 is 2.11 bits per heavy atom. The Labute approximate surface area is 167 Å². The van der Waals surface area contributed by atoms with Crippen molar-refractivity contribution < 1.29 is 17.9 Å². The van der Waals surface area contributed by atoms with Gasteiger partial charge in [0.05, 0.1) is 11.6 Å². The van der Waals surface area contributed by atoms with Crippen LogP contribution in [0.5, 0.6) is 5.75 Å². The van der Waals surface area contributed by atoms with Crippen molar-refractivity contribution in [1.29, 1.82) is 0 Å². The highest BCUT2D eigenvalue weighted by atomic mass is 32.1. The van der Waals surface area contributed by atoms with Crippen LogP contribution in [0.4, 0.5) is 13.2 Å². The van der Waals surface area contributed by atoms with Gasteiger partial charge in [-0.1, -0.05) is 25.5 Å². The van der Waals surface area contributed by atoms with Gasteiger partial charge in [0.1, 0.15) is 5.75 Å². The summed E-state index contributed by atoms with van der Waals surface area (Å²) in [5.41, 5.74) is 0.211. The second-order valence-corrected chi connectivity index (χ2v) is 7.02. The zero-order chi connectivity index (χ0) is 20.4. The lowest BCUT2D eigenvalue weighted by atomic mass is 10.2. The number of aromatic nitrogens is 1. The molecule has 1 aromatic carbocycles. The van der Waals surface area contributed by atoms with Gasteiger partial charge in [-0.2, -0.15) is 13.2 Å². The molecule has 2 rings (SSSR count). The molecule has 28 heavy (non-hydrogen) atoms. The molecular weight excluding hydrogens is 389 g/mol. The number of nitrogens with zero attached hydrogens (tertiary/aromatic N) is 2. The smallest absolute Gasteiger partial charge is 0.434 e. The summed E-state index contributed by atoms with van der Waals surface area (Å²) in [4.78, 5) is 7.75. The minimum atomic E-state index is -4.39. The van der Waals surface area contributed by atoms with Crippen molar-refractivity contribution in [2.45, 2.75) is 38.9 Å². The van der Waals surface area contributed by atoms with E-state index in [4.69, 9.17) is 4.74 Å². The number of rotatable bonds is 9. The molecule has 2 aromatic rings. The number of halogens is 3. The molecule has 0 radical (unpaired) electrons. The van der Waals surface area contributed by atoms with Crippen LogP contribution in [0.2, 0.25) is 0 Å². The number of hydrogen-bond acceptors (Lipinski definition) is 4. The van der Waals surface area contributed by atoms with E-state index in [9.17, 15) is 13.2 Å². The van der Waals surface area contributed by atoms with E-state index >= 15 is 0 Å². The van der Waals surface area contributed by atoms with Crippen molar-refractivity contribution in [3.63, 3.8) is 0 Å². The van der Waals surface area contributed by atoms with E-state index < -0.39 is 11.9 Å². The minimum absolute atomic E-state index is 0.391. The first kappa shape index (κ1) is 22.0. The molecule has 0 unspecified atom stereocenters. The van der Waals surface area contributed by atoms with Crippen LogP contribution < -0.4 is 15.4 Å². The fourth-order valence-corrected chi connectivity index (χ4v) is 3.13. The van der Waals surface area contributed by atoms with Crippen molar-refractivity contribution in [2.75, 3.05) is 20.2 Å². The molecule has 0 amide bonds. The maximum absolute atomic E-state index is 12.6. The number of ether oxygens (including phenoxy) is 1. The third kappa shape index (κ3) is 7.38. The van der Waals surface area contributed by atoms with Gasteiger partial charge in [0.2, 0.25) is 0 Å².